The van der Waals surface area contributed by atoms with Crippen molar-refractivity contribution in [3.63, 3.8) is 0 Å². The Hall–Kier alpha value is -3.31. The van der Waals surface area contributed by atoms with Gasteiger partial charge in [0.15, 0.2) is 5.13 Å². The molecule has 0 radical (unpaired) electrons. The number of hydrogen-bond acceptors (Lipinski definition) is 6. The predicted octanol–water partition coefficient (Wildman–Crippen LogP) is 2.84. The first kappa shape index (κ1) is 21.4. The molecule has 156 valence electrons. The molecule has 0 spiro atoms. The molecule has 0 saturated carbocycles. The normalized spacial score (nSPS) is 12.1. The zero-order valence-corrected chi connectivity index (χ0v) is 17.3. The van der Waals surface area contributed by atoms with E-state index in [1.54, 1.807) is 5.38 Å². The average Bonchev–Trinajstić information content (AvgIpc) is 3.21. The largest absolute Gasteiger partial charge is 0.341 e. The van der Waals surface area contributed by atoms with Gasteiger partial charge in [0, 0.05) is 22.8 Å². The average molecular weight is 449 g/mol. The van der Waals surface area contributed by atoms with Gasteiger partial charge in [-0.3, -0.25) is 14.3 Å². The third-order valence-electron chi connectivity index (χ3n) is 3.93. The van der Waals surface area contributed by atoms with Crippen LogP contribution in [0.15, 0.2) is 65.0 Å². The molecule has 0 aliphatic heterocycles. The summed E-state index contributed by atoms with van der Waals surface area (Å²) in [6, 6.07) is 9.60. The SMILES string of the molecule is CC(NC(=O)c1ccc(F)cc1)C(=O)Nc1ccc(S(=O)(=O)Nc2nccs2)cc1. The van der Waals surface area contributed by atoms with Gasteiger partial charge in [-0.05, 0) is 55.5 Å². The van der Waals surface area contributed by atoms with Gasteiger partial charge in [-0.25, -0.2) is 17.8 Å². The molecule has 0 aliphatic carbocycles. The van der Waals surface area contributed by atoms with Gasteiger partial charge in [-0.1, -0.05) is 0 Å². The quantitative estimate of drug-likeness (QED) is 0.514. The molecular weight excluding hydrogens is 431 g/mol. The van der Waals surface area contributed by atoms with Crippen LogP contribution in [0.3, 0.4) is 0 Å². The summed E-state index contributed by atoms with van der Waals surface area (Å²) in [5, 5.41) is 7.00. The smallest absolute Gasteiger partial charge is 0.263 e. The van der Waals surface area contributed by atoms with Crippen LogP contribution < -0.4 is 15.4 Å². The maximum Gasteiger partial charge on any atom is 0.263 e. The fourth-order valence-corrected chi connectivity index (χ4v) is 4.15. The summed E-state index contributed by atoms with van der Waals surface area (Å²) < 4.78 is 39.9. The summed E-state index contributed by atoms with van der Waals surface area (Å²) in [5.74, 6) is -1.49. The number of halogens is 1. The lowest BCUT2D eigenvalue weighted by atomic mass is 10.2. The molecule has 0 saturated heterocycles. The van der Waals surface area contributed by atoms with Crippen molar-refractivity contribution < 1.29 is 22.4 Å². The van der Waals surface area contributed by atoms with Gasteiger partial charge in [0.05, 0.1) is 4.90 Å². The van der Waals surface area contributed by atoms with Crippen molar-refractivity contribution in [1.82, 2.24) is 10.3 Å². The predicted molar refractivity (Wildman–Crippen MR) is 111 cm³/mol. The first-order valence-corrected chi connectivity index (χ1v) is 11.0. The Balaban J connectivity index is 1.59. The van der Waals surface area contributed by atoms with Crippen LogP contribution in [-0.2, 0) is 14.8 Å². The number of sulfonamides is 1. The molecule has 1 atom stereocenters. The molecule has 11 heteroatoms. The Kier molecular flexibility index (Phi) is 6.43. The van der Waals surface area contributed by atoms with E-state index in [1.807, 2.05) is 0 Å². The molecule has 3 N–H and O–H groups in total. The van der Waals surface area contributed by atoms with E-state index in [0.717, 1.165) is 23.5 Å². The van der Waals surface area contributed by atoms with E-state index < -0.39 is 33.7 Å². The Labute approximate surface area is 176 Å². The van der Waals surface area contributed by atoms with Crippen LogP contribution >= 0.6 is 11.3 Å². The van der Waals surface area contributed by atoms with Crippen LogP contribution in [0.2, 0.25) is 0 Å². The molecule has 0 fully saturated rings. The van der Waals surface area contributed by atoms with Gasteiger partial charge < -0.3 is 10.6 Å². The highest BCUT2D eigenvalue weighted by molar-refractivity contribution is 7.93. The maximum absolute atomic E-state index is 12.9. The van der Waals surface area contributed by atoms with E-state index in [0.29, 0.717) is 5.69 Å². The van der Waals surface area contributed by atoms with Crippen molar-refractivity contribution in [1.29, 1.82) is 0 Å². The highest BCUT2D eigenvalue weighted by Crippen LogP contribution is 2.19. The minimum Gasteiger partial charge on any atom is -0.341 e. The van der Waals surface area contributed by atoms with E-state index in [2.05, 4.69) is 20.3 Å². The molecule has 30 heavy (non-hydrogen) atoms. The first-order chi connectivity index (χ1) is 14.2. The van der Waals surface area contributed by atoms with Gasteiger partial charge >= 0.3 is 0 Å². The summed E-state index contributed by atoms with van der Waals surface area (Å²) in [6.07, 6.45) is 1.48. The number of hydrogen-bond donors (Lipinski definition) is 3. The van der Waals surface area contributed by atoms with Crippen LogP contribution in [0.25, 0.3) is 0 Å². The Bertz CT molecular complexity index is 1130. The van der Waals surface area contributed by atoms with Gasteiger partial charge in [0.1, 0.15) is 11.9 Å². The third-order valence-corrected chi connectivity index (χ3v) is 6.11. The van der Waals surface area contributed by atoms with Crippen LogP contribution in [0.5, 0.6) is 0 Å². The fourth-order valence-electron chi connectivity index (χ4n) is 2.36. The number of benzene rings is 2. The Morgan fingerprint density at radius 2 is 1.73 bits per heavy atom. The third kappa shape index (κ3) is 5.39. The number of carbonyl (C=O) groups is 2. The van der Waals surface area contributed by atoms with Crippen LogP contribution in [0, 0.1) is 5.82 Å². The summed E-state index contributed by atoms with van der Waals surface area (Å²) >= 11 is 1.15. The molecule has 8 nitrogen and oxygen atoms in total. The maximum atomic E-state index is 12.9. The molecule has 2 amide bonds. The standard InChI is InChI=1S/C19H17FN4O4S2/c1-12(22-18(26)13-2-4-14(20)5-3-13)17(25)23-15-6-8-16(9-7-15)30(27,28)24-19-21-10-11-29-19/h2-12H,1H3,(H,21,24)(H,22,26)(H,23,25). The molecule has 1 aromatic heterocycles. The second-order valence-electron chi connectivity index (χ2n) is 6.16. The zero-order chi connectivity index (χ0) is 21.7. The van der Waals surface area contributed by atoms with E-state index in [1.165, 1.54) is 49.5 Å². The highest BCUT2D eigenvalue weighted by Gasteiger charge is 2.18. The summed E-state index contributed by atoms with van der Waals surface area (Å²) in [5.41, 5.74) is 0.578. The minimum atomic E-state index is -3.79. The number of anilines is 2. The lowest BCUT2D eigenvalue weighted by Gasteiger charge is -2.14. The number of carbonyl (C=O) groups excluding carboxylic acids is 2. The molecule has 1 heterocycles. The lowest BCUT2D eigenvalue weighted by molar-refractivity contribution is -0.117. The van der Waals surface area contributed by atoms with Gasteiger partial charge in [0.25, 0.3) is 15.9 Å². The Morgan fingerprint density at radius 1 is 1.07 bits per heavy atom. The number of nitrogens with one attached hydrogen (secondary N) is 3. The molecule has 3 aromatic rings. The van der Waals surface area contributed by atoms with Crippen LogP contribution in [-0.4, -0.2) is 31.3 Å². The van der Waals surface area contributed by atoms with Crippen molar-refractivity contribution in [3.05, 3.63) is 71.5 Å². The van der Waals surface area contributed by atoms with Gasteiger partial charge in [0.2, 0.25) is 5.91 Å². The summed E-state index contributed by atoms with van der Waals surface area (Å²) in [4.78, 5) is 28.3. The Morgan fingerprint density at radius 3 is 2.33 bits per heavy atom. The minimum absolute atomic E-state index is 0.00774. The number of amides is 2. The number of nitrogens with zero attached hydrogens (tertiary/aromatic N) is 1. The zero-order valence-electron chi connectivity index (χ0n) is 15.6. The summed E-state index contributed by atoms with van der Waals surface area (Å²) in [7, 11) is -3.79. The van der Waals surface area contributed by atoms with Gasteiger partial charge in [-0.15, -0.1) is 11.3 Å². The van der Waals surface area contributed by atoms with Gasteiger partial charge in [-0.2, -0.15) is 0 Å². The second-order valence-corrected chi connectivity index (χ2v) is 8.74. The molecule has 0 aliphatic rings. The van der Waals surface area contributed by atoms with Crippen LogP contribution in [0.1, 0.15) is 17.3 Å². The molecular formula is C19H17FN4O4S2. The monoisotopic (exact) mass is 448 g/mol. The number of thiazole rings is 1. The van der Waals surface area contributed by atoms with Crippen LogP contribution in [0.4, 0.5) is 15.2 Å². The number of aromatic nitrogens is 1. The molecule has 3 rings (SSSR count). The van der Waals surface area contributed by atoms with E-state index in [9.17, 15) is 22.4 Å². The van der Waals surface area contributed by atoms with E-state index in [4.69, 9.17) is 0 Å². The topological polar surface area (TPSA) is 117 Å². The van der Waals surface area contributed by atoms with E-state index in [-0.39, 0.29) is 15.6 Å². The molecule has 0 bridgehead atoms. The van der Waals surface area contributed by atoms with Crippen molar-refractivity contribution in [2.45, 2.75) is 17.9 Å². The number of rotatable bonds is 7. The van der Waals surface area contributed by atoms with E-state index >= 15 is 0 Å². The van der Waals surface area contributed by atoms with Crippen molar-refractivity contribution in [3.8, 4) is 0 Å². The molecule has 2 aromatic carbocycles. The first-order valence-electron chi connectivity index (χ1n) is 8.64. The summed E-state index contributed by atoms with van der Waals surface area (Å²) in [6.45, 7) is 1.49. The lowest BCUT2D eigenvalue weighted by Crippen LogP contribution is -2.41. The molecule has 1 unspecified atom stereocenters. The second kappa shape index (κ2) is 9.01. The van der Waals surface area contributed by atoms with Crippen molar-refractivity contribution >= 4 is 44.0 Å². The highest BCUT2D eigenvalue weighted by atomic mass is 32.2. The van der Waals surface area contributed by atoms with Crippen molar-refractivity contribution in [2.75, 3.05) is 10.0 Å². The fraction of sp³-hybridized carbons (Fsp3) is 0.105. The van der Waals surface area contributed by atoms with Crippen molar-refractivity contribution in [2.24, 2.45) is 0 Å².